The first-order valence-corrected chi connectivity index (χ1v) is 4.24. The first kappa shape index (κ1) is 8.04. The molecule has 1 unspecified atom stereocenters. The Balaban J connectivity index is 2.17. The van der Waals surface area contributed by atoms with E-state index < -0.39 is 0 Å². The van der Waals surface area contributed by atoms with Gasteiger partial charge >= 0.3 is 0 Å². The zero-order chi connectivity index (χ0) is 9.26. The van der Waals surface area contributed by atoms with Crippen molar-refractivity contribution in [2.45, 2.75) is 12.3 Å². The van der Waals surface area contributed by atoms with Gasteiger partial charge in [-0.2, -0.15) is 0 Å². The lowest BCUT2D eigenvalue weighted by molar-refractivity contribution is -0.119. The van der Waals surface area contributed by atoms with Crippen LogP contribution in [0.5, 0.6) is 0 Å². The van der Waals surface area contributed by atoms with Crippen molar-refractivity contribution >= 4 is 11.6 Å². The summed E-state index contributed by atoms with van der Waals surface area (Å²) in [5, 5.41) is 2.77. The smallest absolute Gasteiger partial charge is 0.220 e. The average molecular weight is 177 g/mol. The SMILES string of the molecule is Nc1ccc(C2CNC(=O)C2)nc1. The standard InChI is InChI=1S/C9H11N3O/c10-7-1-2-8(11-5-7)6-3-9(13)12-4-6/h1-2,5-6H,3-4,10H2,(H,12,13). The number of carbonyl (C=O) groups excluding carboxylic acids is 1. The van der Waals surface area contributed by atoms with Gasteiger partial charge < -0.3 is 11.1 Å². The van der Waals surface area contributed by atoms with Gasteiger partial charge in [0.2, 0.25) is 5.91 Å². The number of hydrogen-bond donors (Lipinski definition) is 2. The summed E-state index contributed by atoms with van der Waals surface area (Å²) in [6.45, 7) is 0.690. The highest BCUT2D eigenvalue weighted by Crippen LogP contribution is 2.21. The average Bonchev–Trinajstić information content (AvgIpc) is 2.53. The van der Waals surface area contributed by atoms with Crippen LogP contribution in [0.2, 0.25) is 0 Å². The van der Waals surface area contributed by atoms with Gasteiger partial charge in [0.15, 0.2) is 0 Å². The number of nitrogens with two attached hydrogens (primary N) is 1. The highest BCUT2D eigenvalue weighted by Gasteiger charge is 2.23. The van der Waals surface area contributed by atoms with E-state index in [0.29, 0.717) is 18.7 Å². The molecule has 4 heteroatoms. The fraction of sp³-hybridized carbons (Fsp3) is 0.333. The summed E-state index contributed by atoms with van der Waals surface area (Å²) >= 11 is 0. The van der Waals surface area contributed by atoms with Gasteiger partial charge in [-0.3, -0.25) is 9.78 Å². The predicted octanol–water partition coefficient (Wildman–Crippen LogP) is 0.267. The normalized spacial score (nSPS) is 21.5. The number of amides is 1. The molecule has 68 valence electrons. The van der Waals surface area contributed by atoms with Gasteiger partial charge in [-0.1, -0.05) is 0 Å². The number of pyridine rings is 1. The molecule has 0 saturated carbocycles. The lowest BCUT2D eigenvalue weighted by atomic mass is 10.0. The van der Waals surface area contributed by atoms with Crippen LogP contribution in [0, 0.1) is 0 Å². The van der Waals surface area contributed by atoms with Crippen molar-refractivity contribution < 1.29 is 4.79 Å². The van der Waals surface area contributed by atoms with Crippen LogP contribution in [0.1, 0.15) is 18.0 Å². The van der Waals surface area contributed by atoms with E-state index in [1.807, 2.05) is 12.1 Å². The summed E-state index contributed by atoms with van der Waals surface area (Å²) in [4.78, 5) is 15.1. The lowest BCUT2D eigenvalue weighted by Gasteiger charge is -2.05. The molecule has 0 bridgehead atoms. The maximum Gasteiger partial charge on any atom is 0.220 e. The molecule has 2 heterocycles. The van der Waals surface area contributed by atoms with E-state index in [-0.39, 0.29) is 11.8 Å². The summed E-state index contributed by atoms with van der Waals surface area (Å²) in [5.74, 6) is 0.316. The maximum absolute atomic E-state index is 10.9. The number of nitrogens with zero attached hydrogens (tertiary/aromatic N) is 1. The van der Waals surface area contributed by atoms with Gasteiger partial charge in [-0.05, 0) is 12.1 Å². The van der Waals surface area contributed by atoms with E-state index in [9.17, 15) is 4.79 Å². The topological polar surface area (TPSA) is 68.0 Å². The molecule has 4 nitrogen and oxygen atoms in total. The van der Waals surface area contributed by atoms with E-state index in [1.54, 1.807) is 6.20 Å². The predicted molar refractivity (Wildman–Crippen MR) is 49.0 cm³/mol. The number of rotatable bonds is 1. The highest BCUT2D eigenvalue weighted by atomic mass is 16.1. The van der Waals surface area contributed by atoms with Gasteiger partial charge in [-0.15, -0.1) is 0 Å². The molecule has 0 aromatic carbocycles. The monoisotopic (exact) mass is 177 g/mol. The van der Waals surface area contributed by atoms with Crippen molar-refractivity contribution in [3.05, 3.63) is 24.0 Å². The quantitative estimate of drug-likeness (QED) is 0.646. The van der Waals surface area contributed by atoms with Crippen molar-refractivity contribution in [3.63, 3.8) is 0 Å². The summed E-state index contributed by atoms with van der Waals surface area (Å²) in [7, 11) is 0. The van der Waals surface area contributed by atoms with E-state index >= 15 is 0 Å². The van der Waals surface area contributed by atoms with Gasteiger partial charge in [0.1, 0.15) is 0 Å². The molecular formula is C9H11N3O. The van der Waals surface area contributed by atoms with Crippen molar-refractivity contribution in [1.29, 1.82) is 0 Å². The maximum atomic E-state index is 10.9. The minimum Gasteiger partial charge on any atom is -0.397 e. The molecule has 1 fully saturated rings. The molecular weight excluding hydrogens is 166 g/mol. The molecule has 1 aromatic heterocycles. The van der Waals surface area contributed by atoms with Gasteiger partial charge in [0, 0.05) is 24.6 Å². The number of aromatic nitrogens is 1. The van der Waals surface area contributed by atoms with Gasteiger partial charge in [0.25, 0.3) is 0 Å². The second-order valence-corrected chi connectivity index (χ2v) is 3.22. The molecule has 0 radical (unpaired) electrons. The summed E-state index contributed by atoms with van der Waals surface area (Å²) < 4.78 is 0. The van der Waals surface area contributed by atoms with Crippen LogP contribution in [-0.2, 0) is 4.79 Å². The molecule has 0 spiro atoms. The summed E-state index contributed by atoms with van der Waals surface area (Å²) in [5.41, 5.74) is 7.10. The van der Waals surface area contributed by atoms with Crippen molar-refractivity contribution in [1.82, 2.24) is 10.3 Å². The third-order valence-electron chi connectivity index (χ3n) is 2.20. The summed E-state index contributed by atoms with van der Waals surface area (Å²) in [6, 6.07) is 3.69. The van der Waals surface area contributed by atoms with E-state index in [0.717, 1.165) is 5.69 Å². The van der Waals surface area contributed by atoms with Crippen LogP contribution in [-0.4, -0.2) is 17.4 Å². The van der Waals surface area contributed by atoms with E-state index in [4.69, 9.17) is 5.73 Å². The van der Waals surface area contributed by atoms with Crippen LogP contribution < -0.4 is 11.1 Å². The first-order valence-electron chi connectivity index (χ1n) is 4.24. The van der Waals surface area contributed by atoms with Crippen LogP contribution >= 0.6 is 0 Å². The van der Waals surface area contributed by atoms with Gasteiger partial charge in [-0.25, -0.2) is 0 Å². The van der Waals surface area contributed by atoms with Crippen molar-refractivity contribution in [3.8, 4) is 0 Å². The molecule has 1 aromatic rings. The molecule has 1 amide bonds. The molecule has 1 aliphatic heterocycles. The third-order valence-corrected chi connectivity index (χ3v) is 2.20. The molecule has 3 N–H and O–H groups in total. The number of nitrogen functional groups attached to an aromatic ring is 1. The van der Waals surface area contributed by atoms with E-state index in [2.05, 4.69) is 10.3 Å². The molecule has 13 heavy (non-hydrogen) atoms. The molecule has 0 aliphatic carbocycles. The highest BCUT2D eigenvalue weighted by molar-refractivity contribution is 5.79. The number of anilines is 1. The Morgan fingerprint density at radius 3 is 2.92 bits per heavy atom. The summed E-state index contributed by atoms with van der Waals surface area (Å²) in [6.07, 6.45) is 2.16. The number of nitrogens with one attached hydrogen (secondary N) is 1. The number of hydrogen-bond acceptors (Lipinski definition) is 3. The Labute approximate surface area is 76.2 Å². The fourth-order valence-electron chi connectivity index (χ4n) is 1.47. The Kier molecular flexibility index (Phi) is 1.88. The van der Waals surface area contributed by atoms with Crippen molar-refractivity contribution in [2.75, 3.05) is 12.3 Å². The molecule has 2 rings (SSSR count). The number of carbonyl (C=O) groups is 1. The second-order valence-electron chi connectivity index (χ2n) is 3.22. The molecule has 1 aliphatic rings. The minimum atomic E-state index is 0.101. The van der Waals surface area contributed by atoms with Crippen LogP contribution in [0.25, 0.3) is 0 Å². The second kappa shape index (κ2) is 3.05. The van der Waals surface area contributed by atoms with Crippen LogP contribution in [0.4, 0.5) is 5.69 Å². The Bertz CT molecular complexity index is 320. The Morgan fingerprint density at radius 2 is 2.38 bits per heavy atom. The largest absolute Gasteiger partial charge is 0.397 e. The van der Waals surface area contributed by atoms with Crippen LogP contribution in [0.15, 0.2) is 18.3 Å². The van der Waals surface area contributed by atoms with E-state index in [1.165, 1.54) is 0 Å². The van der Waals surface area contributed by atoms with Crippen molar-refractivity contribution in [2.24, 2.45) is 0 Å². The first-order chi connectivity index (χ1) is 6.25. The zero-order valence-corrected chi connectivity index (χ0v) is 7.16. The third kappa shape index (κ3) is 1.61. The van der Waals surface area contributed by atoms with Crippen LogP contribution in [0.3, 0.4) is 0 Å². The minimum absolute atomic E-state index is 0.101. The zero-order valence-electron chi connectivity index (χ0n) is 7.16. The lowest BCUT2D eigenvalue weighted by Crippen LogP contribution is -2.13. The van der Waals surface area contributed by atoms with Gasteiger partial charge in [0.05, 0.1) is 11.9 Å². The molecule has 1 atom stereocenters. The Hall–Kier alpha value is -1.58. The Morgan fingerprint density at radius 1 is 1.54 bits per heavy atom. The fourth-order valence-corrected chi connectivity index (χ4v) is 1.47. The molecule has 1 saturated heterocycles.